The summed E-state index contributed by atoms with van der Waals surface area (Å²) in [5, 5.41) is 6.69. The van der Waals surface area contributed by atoms with E-state index in [4.69, 9.17) is 9.47 Å². The molecule has 0 spiro atoms. The Balaban J connectivity index is 2.06. The molecule has 2 N–H and O–H groups in total. The molecule has 0 aliphatic carbocycles. The lowest BCUT2D eigenvalue weighted by Gasteiger charge is -2.25. The van der Waals surface area contributed by atoms with Gasteiger partial charge in [0.2, 0.25) is 5.91 Å². The minimum absolute atomic E-state index is 0.0388. The average Bonchev–Trinajstić information content (AvgIpc) is 3.01. The molecule has 1 aliphatic heterocycles. The van der Waals surface area contributed by atoms with Gasteiger partial charge < -0.3 is 20.1 Å². The molecule has 134 valence electrons. The average molecular weight is 361 g/mol. The van der Waals surface area contributed by atoms with Gasteiger partial charge in [0, 0.05) is 24.9 Å². The van der Waals surface area contributed by atoms with Crippen molar-refractivity contribution in [1.82, 2.24) is 4.98 Å². The van der Waals surface area contributed by atoms with Gasteiger partial charge in [-0.3, -0.25) is 4.79 Å². The van der Waals surface area contributed by atoms with Crippen LogP contribution in [0.15, 0.2) is 18.2 Å². The summed E-state index contributed by atoms with van der Waals surface area (Å²) in [7, 11) is 3.45. The molecule has 7 heteroatoms. The van der Waals surface area contributed by atoms with Gasteiger partial charge in [-0.05, 0) is 12.0 Å². The molecule has 0 fully saturated rings. The Kier molecular flexibility index (Phi) is 5.13. The van der Waals surface area contributed by atoms with Crippen LogP contribution in [0.5, 0.6) is 11.5 Å². The van der Waals surface area contributed by atoms with E-state index < -0.39 is 0 Å². The summed E-state index contributed by atoms with van der Waals surface area (Å²) in [6.45, 7) is 4.79. The lowest BCUT2D eigenvalue weighted by atomic mass is 9.90. The second-order valence-corrected chi connectivity index (χ2v) is 7.40. The topological polar surface area (TPSA) is 72.5 Å². The van der Waals surface area contributed by atoms with Crippen LogP contribution in [0.25, 0.3) is 0 Å². The number of hydrogen-bond acceptors (Lipinski definition) is 6. The minimum atomic E-state index is -0.0967. The predicted octanol–water partition coefficient (Wildman–Crippen LogP) is 3.70. The lowest BCUT2D eigenvalue weighted by molar-refractivity contribution is -0.116. The smallest absolute Gasteiger partial charge is 0.226 e. The second-order valence-electron chi connectivity index (χ2n) is 6.37. The SMILES string of the molecule is CNc1nc2c(s1)[C@@H](c1cccc(OC)c1OCC(C)C)CC(=O)N2. The molecule has 1 amide bonds. The number of hydrogen-bond donors (Lipinski definition) is 2. The number of carbonyl (C=O) groups is 1. The Hall–Kier alpha value is -2.28. The van der Waals surface area contributed by atoms with Gasteiger partial charge in [0.25, 0.3) is 0 Å². The van der Waals surface area contributed by atoms with Crippen LogP contribution in [0, 0.1) is 5.92 Å². The molecule has 1 atom stereocenters. The first-order chi connectivity index (χ1) is 12.0. The minimum Gasteiger partial charge on any atom is -0.493 e. The number of methoxy groups -OCH3 is 1. The maximum atomic E-state index is 12.2. The Morgan fingerprint density at radius 1 is 1.44 bits per heavy atom. The Bertz CT molecular complexity index is 773. The number of amides is 1. The number of nitrogens with one attached hydrogen (secondary N) is 2. The highest BCUT2D eigenvalue weighted by Crippen LogP contribution is 2.47. The summed E-state index contributed by atoms with van der Waals surface area (Å²) in [6, 6.07) is 5.82. The fourth-order valence-corrected chi connectivity index (χ4v) is 3.84. The van der Waals surface area contributed by atoms with Crippen LogP contribution in [0.1, 0.15) is 36.6 Å². The van der Waals surface area contributed by atoms with Crippen LogP contribution in [-0.2, 0) is 4.79 Å². The zero-order valence-electron chi connectivity index (χ0n) is 14.9. The molecule has 2 aromatic rings. The number of ether oxygens (including phenoxy) is 2. The number of benzene rings is 1. The highest BCUT2D eigenvalue weighted by molar-refractivity contribution is 7.16. The van der Waals surface area contributed by atoms with Gasteiger partial charge in [0.05, 0.1) is 18.6 Å². The molecule has 0 bridgehead atoms. The van der Waals surface area contributed by atoms with Crippen LogP contribution >= 0.6 is 11.3 Å². The molecule has 25 heavy (non-hydrogen) atoms. The molecule has 0 unspecified atom stereocenters. The molecule has 6 nitrogen and oxygen atoms in total. The van der Waals surface area contributed by atoms with Gasteiger partial charge in [0.15, 0.2) is 16.6 Å². The number of aromatic nitrogens is 1. The van der Waals surface area contributed by atoms with E-state index in [1.807, 2.05) is 25.2 Å². The number of anilines is 2. The van der Waals surface area contributed by atoms with Crippen LogP contribution in [-0.4, -0.2) is 31.7 Å². The molecule has 1 aliphatic rings. The van der Waals surface area contributed by atoms with E-state index in [2.05, 4.69) is 29.5 Å². The summed E-state index contributed by atoms with van der Waals surface area (Å²) in [5.74, 6) is 2.28. The fourth-order valence-electron chi connectivity index (χ4n) is 2.85. The first-order valence-corrected chi connectivity index (χ1v) is 9.13. The summed E-state index contributed by atoms with van der Waals surface area (Å²) >= 11 is 1.55. The standard InChI is InChI=1S/C18H23N3O3S/c1-10(2)9-24-15-11(6-5-7-13(15)23-4)12-8-14(22)20-17-16(12)25-18(19-3)21-17/h5-7,10,12H,8-9H2,1-4H3,(H,19,21)(H,20,22)/t12-/m1/s1. The number of para-hydroxylation sites is 1. The van der Waals surface area contributed by atoms with Crippen molar-refractivity contribution in [2.75, 3.05) is 31.4 Å². The number of carbonyl (C=O) groups excluding carboxylic acids is 1. The third-order valence-corrected chi connectivity index (χ3v) is 5.18. The zero-order valence-corrected chi connectivity index (χ0v) is 15.7. The van der Waals surface area contributed by atoms with Crippen molar-refractivity contribution in [1.29, 1.82) is 0 Å². The molecular formula is C18H23N3O3S. The molecular weight excluding hydrogens is 338 g/mol. The van der Waals surface area contributed by atoms with E-state index in [9.17, 15) is 4.79 Å². The highest BCUT2D eigenvalue weighted by atomic mass is 32.1. The Labute approximate surface area is 151 Å². The monoisotopic (exact) mass is 361 g/mol. The molecule has 1 aromatic carbocycles. The van der Waals surface area contributed by atoms with Crippen LogP contribution in [0.3, 0.4) is 0 Å². The molecule has 0 saturated heterocycles. The third kappa shape index (κ3) is 3.56. The number of rotatable bonds is 6. The van der Waals surface area contributed by atoms with Crippen molar-refractivity contribution in [2.45, 2.75) is 26.2 Å². The van der Waals surface area contributed by atoms with Crippen molar-refractivity contribution in [2.24, 2.45) is 5.92 Å². The van der Waals surface area contributed by atoms with E-state index >= 15 is 0 Å². The molecule has 2 heterocycles. The second kappa shape index (κ2) is 7.31. The van der Waals surface area contributed by atoms with Gasteiger partial charge in [0.1, 0.15) is 5.82 Å². The predicted molar refractivity (Wildman–Crippen MR) is 100 cm³/mol. The highest BCUT2D eigenvalue weighted by Gasteiger charge is 2.33. The van der Waals surface area contributed by atoms with Gasteiger partial charge in [-0.1, -0.05) is 37.3 Å². The molecule has 3 rings (SSSR count). The number of thiazole rings is 1. The molecule has 0 saturated carbocycles. The maximum Gasteiger partial charge on any atom is 0.226 e. The normalized spacial score (nSPS) is 16.4. The molecule has 0 radical (unpaired) electrons. The van der Waals surface area contributed by atoms with Gasteiger partial charge in [-0.15, -0.1) is 0 Å². The maximum absolute atomic E-state index is 12.2. The zero-order chi connectivity index (χ0) is 18.0. The summed E-state index contributed by atoms with van der Waals surface area (Å²) in [4.78, 5) is 17.7. The van der Waals surface area contributed by atoms with E-state index in [-0.39, 0.29) is 11.8 Å². The Morgan fingerprint density at radius 2 is 2.24 bits per heavy atom. The number of fused-ring (bicyclic) bond motifs is 1. The van der Waals surface area contributed by atoms with Crippen molar-refractivity contribution < 1.29 is 14.3 Å². The van der Waals surface area contributed by atoms with E-state index in [1.54, 1.807) is 18.4 Å². The van der Waals surface area contributed by atoms with Crippen molar-refractivity contribution in [3.8, 4) is 11.5 Å². The molecule has 1 aromatic heterocycles. The third-order valence-electron chi connectivity index (χ3n) is 4.00. The number of nitrogens with zero attached hydrogens (tertiary/aromatic N) is 1. The first kappa shape index (κ1) is 17.5. The Morgan fingerprint density at radius 3 is 2.92 bits per heavy atom. The van der Waals surface area contributed by atoms with E-state index in [0.29, 0.717) is 36.3 Å². The quantitative estimate of drug-likeness (QED) is 0.821. The summed E-state index contributed by atoms with van der Waals surface area (Å²) < 4.78 is 11.6. The largest absolute Gasteiger partial charge is 0.493 e. The first-order valence-electron chi connectivity index (χ1n) is 8.31. The van der Waals surface area contributed by atoms with Gasteiger partial charge in [-0.25, -0.2) is 4.98 Å². The van der Waals surface area contributed by atoms with Crippen LogP contribution in [0.2, 0.25) is 0 Å². The van der Waals surface area contributed by atoms with Crippen LogP contribution in [0.4, 0.5) is 10.9 Å². The van der Waals surface area contributed by atoms with Crippen molar-refractivity contribution in [3.05, 3.63) is 28.6 Å². The van der Waals surface area contributed by atoms with Crippen molar-refractivity contribution in [3.63, 3.8) is 0 Å². The van der Waals surface area contributed by atoms with Gasteiger partial charge >= 0.3 is 0 Å². The van der Waals surface area contributed by atoms with Gasteiger partial charge in [-0.2, -0.15) is 0 Å². The van der Waals surface area contributed by atoms with Crippen molar-refractivity contribution >= 4 is 28.2 Å². The van der Waals surface area contributed by atoms with E-state index in [1.165, 1.54) is 0 Å². The van der Waals surface area contributed by atoms with E-state index in [0.717, 1.165) is 15.6 Å². The van der Waals surface area contributed by atoms with Crippen LogP contribution < -0.4 is 20.1 Å². The fraction of sp³-hybridized carbons (Fsp3) is 0.444. The summed E-state index contributed by atoms with van der Waals surface area (Å²) in [6.07, 6.45) is 0.365. The lowest BCUT2D eigenvalue weighted by Crippen LogP contribution is -2.23. The summed E-state index contributed by atoms with van der Waals surface area (Å²) in [5.41, 5.74) is 0.961.